The minimum atomic E-state index is -0.684. The van der Waals surface area contributed by atoms with Crippen LogP contribution in [0.1, 0.15) is 5.69 Å². The van der Waals surface area contributed by atoms with Gasteiger partial charge in [0.2, 0.25) is 0 Å². The number of nitrogens with zero attached hydrogens (tertiary/aromatic N) is 2. The highest BCUT2D eigenvalue weighted by Gasteiger charge is 2.19. The van der Waals surface area contributed by atoms with Crippen LogP contribution in [0.2, 0.25) is 5.02 Å². The molecule has 1 fully saturated rings. The second-order valence-electron chi connectivity index (χ2n) is 5.89. The molecule has 1 aromatic carbocycles. The predicted molar refractivity (Wildman–Crippen MR) is 98.9 cm³/mol. The van der Waals surface area contributed by atoms with Crippen molar-refractivity contribution >= 4 is 29.1 Å². The number of anilines is 2. The molecule has 2 aromatic rings. The van der Waals surface area contributed by atoms with E-state index in [4.69, 9.17) is 21.1 Å². The fourth-order valence-electron chi connectivity index (χ4n) is 2.43. The highest BCUT2D eigenvalue weighted by Crippen LogP contribution is 2.32. The molecule has 0 aliphatic carbocycles. The standard InChI is InChI=1S/C17H19ClFN5O3/c1-10-6-22-15(8-21-10)24-17(25)23-14-5-11(18)4-13(19)16(14)27-9-12-7-20-2-3-26-12/h4-6,8,12,20H,2-3,7,9H2,1H3,(H2,22,23,24,25)/t12-/m0/s1. The van der Waals surface area contributed by atoms with Gasteiger partial charge in [-0.05, 0) is 19.1 Å². The van der Waals surface area contributed by atoms with Crippen molar-refractivity contribution in [3.05, 3.63) is 41.1 Å². The third kappa shape index (κ3) is 5.49. The molecule has 3 rings (SSSR count). The van der Waals surface area contributed by atoms with Crippen molar-refractivity contribution in [2.75, 3.05) is 36.9 Å². The van der Waals surface area contributed by atoms with Crippen LogP contribution in [0.5, 0.6) is 5.75 Å². The maximum absolute atomic E-state index is 14.3. The number of amides is 2. The average Bonchev–Trinajstić information content (AvgIpc) is 2.63. The number of benzene rings is 1. The summed E-state index contributed by atoms with van der Waals surface area (Å²) in [7, 11) is 0. The molecule has 8 nitrogen and oxygen atoms in total. The summed E-state index contributed by atoms with van der Waals surface area (Å²) in [6, 6.07) is 1.89. The van der Waals surface area contributed by atoms with Crippen molar-refractivity contribution < 1.29 is 18.7 Å². The maximum Gasteiger partial charge on any atom is 0.325 e. The van der Waals surface area contributed by atoms with Crippen molar-refractivity contribution in [1.29, 1.82) is 0 Å². The minimum absolute atomic E-state index is 0.0985. The Bertz CT molecular complexity index is 800. The first-order chi connectivity index (χ1) is 13.0. The van der Waals surface area contributed by atoms with Crippen LogP contribution >= 0.6 is 11.6 Å². The Labute approximate surface area is 160 Å². The lowest BCUT2D eigenvalue weighted by atomic mass is 10.2. The van der Waals surface area contributed by atoms with Crippen molar-refractivity contribution in [2.45, 2.75) is 13.0 Å². The highest BCUT2D eigenvalue weighted by molar-refractivity contribution is 6.31. The molecule has 0 spiro atoms. The lowest BCUT2D eigenvalue weighted by Gasteiger charge is -2.24. The van der Waals surface area contributed by atoms with Crippen LogP contribution in [0.4, 0.5) is 20.7 Å². The molecule has 0 radical (unpaired) electrons. The van der Waals surface area contributed by atoms with Gasteiger partial charge in [0.15, 0.2) is 17.4 Å². The lowest BCUT2D eigenvalue weighted by Crippen LogP contribution is -2.41. The van der Waals surface area contributed by atoms with Gasteiger partial charge < -0.3 is 20.1 Å². The summed E-state index contributed by atoms with van der Waals surface area (Å²) in [4.78, 5) is 20.3. The number of carbonyl (C=O) groups excluding carboxylic acids is 1. The van der Waals surface area contributed by atoms with Crippen LogP contribution in [-0.2, 0) is 4.74 Å². The molecule has 27 heavy (non-hydrogen) atoms. The number of hydrogen-bond acceptors (Lipinski definition) is 6. The fourth-order valence-corrected chi connectivity index (χ4v) is 2.63. The molecule has 1 aliphatic rings. The van der Waals surface area contributed by atoms with Crippen LogP contribution in [-0.4, -0.2) is 48.4 Å². The van der Waals surface area contributed by atoms with Crippen LogP contribution in [0.15, 0.2) is 24.5 Å². The first kappa shape index (κ1) is 19.3. The van der Waals surface area contributed by atoms with Crippen molar-refractivity contribution in [1.82, 2.24) is 15.3 Å². The second kappa shape index (κ2) is 8.94. The van der Waals surface area contributed by atoms with Crippen molar-refractivity contribution in [2.24, 2.45) is 0 Å². The van der Waals surface area contributed by atoms with Gasteiger partial charge in [0.05, 0.1) is 30.4 Å². The van der Waals surface area contributed by atoms with E-state index in [9.17, 15) is 9.18 Å². The van der Waals surface area contributed by atoms with Gasteiger partial charge >= 0.3 is 6.03 Å². The van der Waals surface area contributed by atoms with Crippen LogP contribution in [0, 0.1) is 12.7 Å². The second-order valence-corrected chi connectivity index (χ2v) is 6.33. The third-order valence-corrected chi connectivity index (χ3v) is 3.92. The van der Waals surface area contributed by atoms with E-state index in [-0.39, 0.29) is 35.0 Å². The Balaban J connectivity index is 1.69. The lowest BCUT2D eigenvalue weighted by molar-refractivity contribution is -0.000366. The van der Waals surface area contributed by atoms with Gasteiger partial charge in [-0.15, -0.1) is 0 Å². The van der Waals surface area contributed by atoms with E-state index in [1.54, 1.807) is 6.92 Å². The number of hydrogen-bond donors (Lipinski definition) is 3. The molecule has 10 heteroatoms. The summed E-state index contributed by atoms with van der Waals surface area (Å²) in [6.07, 6.45) is 2.72. The zero-order valence-corrected chi connectivity index (χ0v) is 15.3. The number of aryl methyl sites for hydroxylation is 1. The summed E-state index contributed by atoms with van der Waals surface area (Å²) in [5.74, 6) is -0.542. The molecule has 0 unspecified atom stereocenters. The van der Waals surface area contributed by atoms with Crippen LogP contribution in [0.3, 0.4) is 0 Å². The molecule has 1 aromatic heterocycles. The molecule has 0 saturated carbocycles. The number of morpholine rings is 1. The smallest absolute Gasteiger partial charge is 0.325 e. The molecule has 3 N–H and O–H groups in total. The summed E-state index contributed by atoms with van der Waals surface area (Å²) in [6.45, 7) is 3.83. The summed E-state index contributed by atoms with van der Waals surface area (Å²) in [5.41, 5.74) is 0.814. The summed E-state index contributed by atoms with van der Waals surface area (Å²) in [5, 5.41) is 8.32. The molecule has 1 saturated heterocycles. The first-order valence-corrected chi connectivity index (χ1v) is 8.70. The number of ether oxygens (including phenoxy) is 2. The van der Waals surface area contributed by atoms with E-state index >= 15 is 0 Å². The van der Waals surface area contributed by atoms with Crippen LogP contribution < -0.4 is 20.7 Å². The van der Waals surface area contributed by atoms with E-state index in [2.05, 4.69) is 25.9 Å². The number of aromatic nitrogens is 2. The number of halogens is 2. The quantitative estimate of drug-likeness (QED) is 0.720. The zero-order chi connectivity index (χ0) is 19.2. The molecule has 2 heterocycles. The largest absolute Gasteiger partial charge is 0.486 e. The summed E-state index contributed by atoms with van der Waals surface area (Å²) < 4.78 is 25.4. The Morgan fingerprint density at radius 1 is 1.41 bits per heavy atom. The van der Waals surface area contributed by atoms with E-state index in [0.717, 1.165) is 12.6 Å². The number of nitrogens with one attached hydrogen (secondary N) is 3. The van der Waals surface area contributed by atoms with Gasteiger partial charge in [-0.3, -0.25) is 10.3 Å². The van der Waals surface area contributed by atoms with Crippen molar-refractivity contribution in [3.63, 3.8) is 0 Å². The van der Waals surface area contributed by atoms with E-state index < -0.39 is 11.8 Å². The minimum Gasteiger partial charge on any atom is -0.486 e. The maximum atomic E-state index is 14.3. The molecule has 144 valence electrons. The summed E-state index contributed by atoms with van der Waals surface area (Å²) >= 11 is 5.91. The SMILES string of the molecule is Cc1cnc(NC(=O)Nc2cc(Cl)cc(F)c2OC[C@@H]2CNCCO2)cn1. The van der Waals surface area contributed by atoms with Gasteiger partial charge in [0, 0.05) is 18.1 Å². The Hall–Kier alpha value is -2.49. The molecular formula is C17H19ClFN5O3. The predicted octanol–water partition coefficient (Wildman–Crippen LogP) is 2.59. The molecule has 1 aliphatic heterocycles. The normalized spacial score (nSPS) is 16.6. The number of rotatable bonds is 5. The van der Waals surface area contributed by atoms with Gasteiger partial charge in [0.25, 0.3) is 0 Å². The molecule has 0 bridgehead atoms. The monoisotopic (exact) mass is 395 g/mol. The van der Waals surface area contributed by atoms with Crippen molar-refractivity contribution in [3.8, 4) is 5.75 Å². The van der Waals surface area contributed by atoms with Gasteiger partial charge in [-0.2, -0.15) is 0 Å². The topological polar surface area (TPSA) is 97.4 Å². The molecule has 1 atom stereocenters. The highest BCUT2D eigenvalue weighted by atomic mass is 35.5. The van der Waals surface area contributed by atoms with E-state index in [0.29, 0.717) is 18.8 Å². The zero-order valence-electron chi connectivity index (χ0n) is 14.6. The Kier molecular flexibility index (Phi) is 6.38. The average molecular weight is 396 g/mol. The fraction of sp³-hybridized carbons (Fsp3) is 0.353. The van der Waals surface area contributed by atoms with Gasteiger partial charge in [-0.25, -0.2) is 14.2 Å². The molecule has 2 amide bonds. The number of carbonyl (C=O) groups is 1. The van der Waals surface area contributed by atoms with Crippen LogP contribution in [0.25, 0.3) is 0 Å². The third-order valence-electron chi connectivity index (χ3n) is 3.70. The molecular weight excluding hydrogens is 377 g/mol. The number of urea groups is 1. The first-order valence-electron chi connectivity index (χ1n) is 8.32. The van der Waals surface area contributed by atoms with E-state index in [1.807, 2.05) is 0 Å². The Morgan fingerprint density at radius 3 is 2.96 bits per heavy atom. The van der Waals surface area contributed by atoms with E-state index in [1.165, 1.54) is 18.5 Å². The van der Waals surface area contributed by atoms with Gasteiger partial charge in [-0.1, -0.05) is 11.6 Å². The van der Waals surface area contributed by atoms with Gasteiger partial charge in [0.1, 0.15) is 12.7 Å². The Morgan fingerprint density at radius 2 is 2.26 bits per heavy atom.